The van der Waals surface area contributed by atoms with Gasteiger partial charge in [-0.15, -0.1) is 0 Å². The van der Waals surface area contributed by atoms with Crippen molar-refractivity contribution in [3.8, 4) is 5.75 Å². The predicted molar refractivity (Wildman–Crippen MR) is 74.8 cm³/mol. The molecule has 1 N–H and O–H groups in total. The highest BCUT2D eigenvalue weighted by atomic mass is 19.1. The maximum absolute atomic E-state index is 13.0. The Balaban J connectivity index is 2.13. The van der Waals surface area contributed by atoms with Crippen LogP contribution in [0.4, 0.5) is 4.39 Å². The lowest BCUT2D eigenvalue weighted by atomic mass is 10.0. The van der Waals surface area contributed by atoms with Gasteiger partial charge in [-0.3, -0.25) is 4.90 Å². The summed E-state index contributed by atoms with van der Waals surface area (Å²) in [5.41, 5.74) is 0.806. The summed E-state index contributed by atoms with van der Waals surface area (Å²) in [5.74, 6) is -0.335. The average molecular weight is 266 g/mol. The zero-order valence-electron chi connectivity index (χ0n) is 11.9. The lowest BCUT2D eigenvalue weighted by Crippen LogP contribution is -2.51. The minimum Gasteiger partial charge on any atom is -0.508 e. The average Bonchev–Trinajstić information content (AvgIpc) is 2.38. The van der Waals surface area contributed by atoms with Crippen LogP contribution >= 0.6 is 0 Å². The van der Waals surface area contributed by atoms with Gasteiger partial charge in [-0.1, -0.05) is 13.0 Å². The first kappa shape index (κ1) is 14.3. The second-order valence-electron chi connectivity index (χ2n) is 5.42. The van der Waals surface area contributed by atoms with E-state index in [1.54, 1.807) is 6.07 Å². The van der Waals surface area contributed by atoms with Crippen LogP contribution < -0.4 is 0 Å². The molecule has 1 fully saturated rings. The van der Waals surface area contributed by atoms with Crippen LogP contribution in [0.2, 0.25) is 0 Å². The van der Waals surface area contributed by atoms with Crippen LogP contribution in [0.25, 0.3) is 0 Å². The van der Waals surface area contributed by atoms with Crippen molar-refractivity contribution in [2.45, 2.75) is 32.4 Å². The Morgan fingerprint density at radius 2 is 2.16 bits per heavy atom. The molecule has 2 rings (SSSR count). The van der Waals surface area contributed by atoms with E-state index in [9.17, 15) is 9.50 Å². The second kappa shape index (κ2) is 5.88. The maximum Gasteiger partial charge on any atom is 0.126 e. The topological polar surface area (TPSA) is 26.7 Å². The van der Waals surface area contributed by atoms with E-state index >= 15 is 0 Å². The van der Waals surface area contributed by atoms with Crippen LogP contribution in [0.5, 0.6) is 5.75 Å². The van der Waals surface area contributed by atoms with E-state index in [2.05, 4.69) is 30.7 Å². The summed E-state index contributed by atoms with van der Waals surface area (Å²) in [6.45, 7) is 7.27. The van der Waals surface area contributed by atoms with E-state index in [4.69, 9.17) is 0 Å². The summed E-state index contributed by atoms with van der Waals surface area (Å²) in [6.07, 6.45) is 1.12. The van der Waals surface area contributed by atoms with Crippen LogP contribution in [0.15, 0.2) is 18.2 Å². The number of hydrogen-bond donors (Lipinski definition) is 1. The number of hydrogen-bond acceptors (Lipinski definition) is 3. The molecule has 2 unspecified atom stereocenters. The molecular weight excluding hydrogens is 243 g/mol. The van der Waals surface area contributed by atoms with Crippen molar-refractivity contribution < 1.29 is 9.50 Å². The smallest absolute Gasteiger partial charge is 0.126 e. The van der Waals surface area contributed by atoms with Gasteiger partial charge in [0.1, 0.15) is 11.6 Å². The molecular formula is C15H23FN2O. The van der Waals surface area contributed by atoms with Crippen molar-refractivity contribution in [1.29, 1.82) is 0 Å². The molecule has 1 aliphatic heterocycles. The van der Waals surface area contributed by atoms with E-state index in [-0.39, 0.29) is 11.8 Å². The number of rotatable bonds is 3. The van der Waals surface area contributed by atoms with Gasteiger partial charge >= 0.3 is 0 Å². The van der Waals surface area contributed by atoms with Gasteiger partial charge in [0.05, 0.1) is 0 Å². The van der Waals surface area contributed by atoms with E-state index in [0.29, 0.717) is 6.04 Å². The SMILES string of the molecule is CCC1CN(C(C)c2ccc(F)cc2O)CCN1C. The first-order chi connectivity index (χ1) is 9.02. The maximum atomic E-state index is 13.0. The summed E-state index contributed by atoms with van der Waals surface area (Å²) in [5, 5.41) is 9.89. The minimum atomic E-state index is -0.390. The number of nitrogens with zero attached hydrogens (tertiary/aromatic N) is 2. The monoisotopic (exact) mass is 266 g/mol. The molecule has 1 saturated heterocycles. The molecule has 3 nitrogen and oxygen atoms in total. The first-order valence-corrected chi connectivity index (χ1v) is 6.95. The lowest BCUT2D eigenvalue weighted by Gasteiger charge is -2.42. The minimum absolute atomic E-state index is 0.0551. The van der Waals surface area contributed by atoms with Crippen LogP contribution in [-0.2, 0) is 0 Å². The molecule has 1 aromatic carbocycles. The largest absolute Gasteiger partial charge is 0.508 e. The Morgan fingerprint density at radius 3 is 2.79 bits per heavy atom. The first-order valence-electron chi connectivity index (χ1n) is 6.95. The highest BCUT2D eigenvalue weighted by molar-refractivity contribution is 5.35. The van der Waals surface area contributed by atoms with Gasteiger partial charge in [0.25, 0.3) is 0 Å². The number of halogens is 1. The second-order valence-corrected chi connectivity index (χ2v) is 5.42. The lowest BCUT2D eigenvalue weighted by molar-refractivity contribution is 0.0667. The number of aromatic hydroxyl groups is 1. The number of piperazine rings is 1. The Morgan fingerprint density at radius 1 is 1.42 bits per heavy atom. The zero-order valence-corrected chi connectivity index (χ0v) is 11.9. The molecule has 1 heterocycles. The van der Waals surface area contributed by atoms with Gasteiger partial charge in [-0.05, 0) is 26.5 Å². The third-order valence-corrected chi connectivity index (χ3v) is 4.27. The normalized spacial score (nSPS) is 23.5. The molecule has 0 saturated carbocycles. The summed E-state index contributed by atoms with van der Waals surface area (Å²) < 4.78 is 13.0. The Bertz CT molecular complexity index is 438. The molecule has 0 amide bonds. The summed E-state index contributed by atoms with van der Waals surface area (Å²) in [4.78, 5) is 4.74. The Labute approximate surface area is 114 Å². The van der Waals surface area contributed by atoms with Crippen molar-refractivity contribution >= 4 is 0 Å². The van der Waals surface area contributed by atoms with Crippen LogP contribution in [0.3, 0.4) is 0 Å². The van der Waals surface area contributed by atoms with Gasteiger partial charge in [0, 0.05) is 43.3 Å². The van der Waals surface area contributed by atoms with E-state index in [0.717, 1.165) is 31.6 Å². The molecule has 0 bridgehead atoms. The van der Waals surface area contributed by atoms with Gasteiger partial charge in [0.15, 0.2) is 0 Å². The molecule has 4 heteroatoms. The molecule has 1 aromatic rings. The van der Waals surface area contributed by atoms with Gasteiger partial charge in [-0.25, -0.2) is 4.39 Å². The third-order valence-electron chi connectivity index (χ3n) is 4.27. The molecule has 0 spiro atoms. The quantitative estimate of drug-likeness (QED) is 0.911. The van der Waals surface area contributed by atoms with Crippen molar-refractivity contribution in [3.05, 3.63) is 29.6 Å². The van der Waals surface area contributed by atoms with E-state index in [1.165, 1.54) is 12.1 Å². The summed E-state index contributed by atoms with van der Waals surface area (Å²) >= 11 is 0. The molecule has 0 aliphatic carbocycles. The fourth-order valence-corrected chi connectivity index (χ4v) is 2.83. The number of likely N-dealkylation sites (N-methyl/N-ethyl adjacent to an activating group) is 1. The van der Waals surface area contributed by atoms with E-state index < -0.39 is 5.82 Å². The molecule has 2 atom stereocenters. The Kier molecular flexibility index (Phi) is 4.42. The summed E-state index contributed by atoms with van der Waals surface area (Å²) in [6, 6.07) is 4.97. The van der Waals surface area contributed by atoms with E-state index in [1.807, 2.05) is 0 Å². The molecule has 19 heavy (non-hydrogen) atoms. The van der Waals surface area contributed by atoms with Gasteiger partial charge in [-0.2, -0.15) is 0 Å². The third kappa shape index (κ3) is 3.07. The zero-order chi connectivity index (χ0) is 14.0. The summed E-state index contributed by atoms with van der Waals surface area (Å²) in [7, 11) is 2.16. The fraction of sp³-hybridized carbons (Fsp3) is 0.600. The number of benzene rings is 1. The number of phenols is 1. The predicted octanol–water partition coefficient (Wildman–Crippen LogP) is 2.62. The van der Waals surface area contributed by atoms with Crippen LogP contribution in [0.1, 0.15) is 31.9 Å². The van der Waals surface area contributed by atoms with Gasteiger partial charge in [0.2, 0.25) is 0 Å². The molecule has 0 aromatic heterocycles. The highest BCUT2D eigenvalue weighted by Crippen LogP contribution is 2.30. The molecule has 1 aliphatic rings. The fourth-order valence-electron chi connectivity index (χ4n) is 2.83. The standard InChI is InChI=1S/C15H23FN2O/c1-4-13-10-18(8-7-17(13)3)11(2)14-6-5-12(16)9-15(14)19/h5-6,9,11,13,19H,4,7-8,10H2,1-3H3. The van der Waals surface area contributed by atoms with Crippen molar-refractivity contribution in [2.24, 2.45) is 0 Å². The molecule has 0 radical (unpaired) electrons. The van der Waals surface area contributed by atoms with Gasteiger partial charge < -0.3 is 10.0 Å². The van der Waals surface area contributed by atoms with Crippen LogP contribution in [-0.4, -0.2) is 47.6 Å². The molecule has 106 valence electrons. The Hall–Kier alpha value is -1.13. The van der Waals surface area contributed by atoms with Crippen molar-refractivity contribution in [3.63, 3.8) is 0 Å². The van der Waals surface area contributed by atoms with Crippen molar-refractivity contribution in [1.82, 2.24) is 9.80 Å². The van der Waals surface area contributed by atoms with Crippen molar-refractivity contribution in [2.75, 3.05) is 26.7 Å². The number of phenolic OH excluding ortho intramolecular Hbond substituents is 1. The highest BCUT2D eigenvalue weighted by Gasteiger charge is 2.27. The van der Waals surface area contributed by atoms with Crippen LogP contribution in [0, 0.1) is 5.82 Å².